The van der Waals surface area contributed by atoms with E-state index in [-0.39, 0.29) is 11.8 Å². The summed E-state index contributed by atoms with van der Waals surface area (Å²) in [4.78, 5) is 4.21. The van der Waals surface area contributed by atoms with Crippen LogP contribution in [0.4, 0.5) is 0 Å². The first-order valence-electron chi connectivity index (χ1n) is 5.01. The molecule has 1 heterocycles. The van der Waals surface area contributed by atoms with Crippen molar-refractivity contribution < 1.29 is 9.63 Å². The fourth-order valence-electron chi connectivity index (χ4n) is 1.30. The van der Waals surface area contributed by atoms with Crippen molar-refractivity contribution >= 4 is 0 Å². The summed E-state index contributed by atoms with van der Waals surface area (Å²) >= 11 is 0. The molecular weight excluding hydrogens is 206 g/mol. The van der Waals surface area contributed by atoms with E-state index in [1.165, 1.54) is 0 Å². The lowest BCUT2D eigenvalue weighted by atomic mass is 10.2. The number of para-hydroxylation sites is 1. The van der Waals surface area contributed by atoms with Crippen molar-refractivity contribution in [1.29, 1.82) is 0 Å². The van der Waals surface area contributed by atoms with Crippen LogP contribution in [0.25, 0.3) is 11.5 Å². The van der Waals surface area contributed by atoms with Gasteiger partial charge < -0.3 is 14.9 Å². The molecule has 0 spiro atoms. The minimum atomic E-state index is 0.0170. The van der Waals surface area contributed by atoms with Crippen molar-refractivity contribution in [1.82, 2.24) is 15.5 Å². The van der Waals surface area contributed by atoms with Gasteiger partial charge in [-0.25, -0.2) is 0 Å². The molecule has 0 amide bonds. The highest BCUT2D eigenvalue weighted by Gasteiger charge is 2.15. The summed E-state index contributed by atoms with van der Waals surface area (Å²) in [5.41, 5.74) is 0.546. The largest absolute Gasteiger partial charge is 0.507 e. The number of hydrogen-bond acceptors (Lipinski definition) is 5. The third kappa shape index (κ3) is 1.90. The van der Waals surface area contributed by atoms with Gasteiger partial charge in [0.25, 0.3) is 5.89 Å². The third-order valence-corrected chi connectivity index (χ3v) is 2.40. The summed E-state index contributed by atoms with van der Waals surface area (Å²) in [7, 11) is 1.82. The Labute approximate surface area is 93.1 Å². The number of phenols is 1. The maximum absolute atomic E-state index is 9.63. The van der Waals surface area contributed by atoms with E-state index < -0.39 is 0 Å². The maximum Gasteiger partial charge on any atom is 0.261 e. The fraction of sp³-hybridized carbons (Fsp3) is 0.273. The Hall–Kier alpha value is -1.88. The molecule has 0 aliphatic carbocycles. The Morgan fingerprint density at radius 1 is 1.38 bits per heavy atom. The molecule has 0 bridgehead atoms. The Bertz CT molecular complexity index is 482. The molecule has 2 rings (SSSR count). The van der Waals surface area contributed by atoms with Crippen LogP contribution in [-0.2, 0) is 0 Å². The second kappa shape index (κ2) is 4.32. The number of nitrogens with one attached hydrogen (secondary N) is 1. The van der Waals surface area contributed by atoms with Crippen molar-refractivity contribution in [2.75, 3.05) is 7.05 Å². The number of phenolic OH excluding ortho intramolecular Hbond substituents is 1. The highest BCUT2D eigenvalue weighted by Crippen LogP contribution is 2.27. The first kappa shape index (κ1) is 10.6. The van der Waals surface area contributed by atoms with Gasteiger partial charge in [0.05, 0.1) is 11.6 Å². The van der Waals surface area contributed by atoms with Crippen molar-refractivity contribution in [3.8, 4) is 17.2 Å². The Morgan fingerprint density at radius 3 is 2.81 bits per heavy atom. The molecule has 1 unspecified atom stereocenters. The summed E-state index contributed by atoms with van der Waals surface area (Å²) in [5, 5.41) is 16.5. The zero-order valence-corrected chi connectivity index (χ0v) is 9.14. The van der Waals surface area contributed by atoms with Crippen molar-refractivity contribution in [3.05, 3.63) is 30.1 Å². The van der Waals surface area contributed by atoms with Gasteiger partial charge in [-0.1, -0.05) is 17.3 Å². The van der Waals surface area contributed by atoms with Crippen LogP contribution in [0.2, 0.25) is 0 Å². The number of hydrogen-bond donors (Lipinski definition) is 2. The number of benzene rings is 1. The molecule has 0 fully saturated rings. The summed E-state index contributed by atoms with van der Waals surface area (Å²) < 4.78 is 5.09. The molecule has 0 radical (unpaired) electrons. The van der Waals surface area contributed by atoms with Crippen molar-refractivity contribution in [3.63, 3.8) is 0 Å². The average Bonchev–Trinajstić information content (AvgIpc) is 2.78. The number of aromatic nitrogens is 2. The van der Waals surface area contributed by atoms with Gasteiger partial charge in [0, 0.05) is 0 Å². The van der Waals surface area contributed by atoms with Crippen LogP contribution in [-0.4, -0.2) is 22.3 Å². The molecule has 1 aromatic carbocycles. The van der Waals surface area contributed by atoms with Crippen LogP contribution in [0.5, 0.6) is 5.75 Å². The van der Waals surface area contributed by atoms with Crippen LogP contribution in [0.1, 0.15) is 18.8 Å². The van der Waals surface area contributed by atoms with Crippen LogP contribution >= 0.6 is 0 Å². The summed E-state index contributed by atoms with van der Waals surface area (Å²) in [6.45, 7) is 1.93. The zero-order valence-electron chi connectivity index (χ0n) is 9.14. The lowest BCUT2D eigenvalue weighted by molar-refractivity contribution is 0.409. The number of aromatic hydroxyl groups is 1. The van der Waals surface area contributed by atoms with Crippen LogP contribution in [0, 0.1) is 0 Å². The monoisotopic (exact) mass is 219 g/mol. The lowest BCUT2D eigenvalue weighted by Gasteiger charge is -2.01. The van der Waals surface area contributed by atoms with Gasteiger partial charge in [0.2, 0.25) is 0 Å². The average molecular weight is 219 g/mol. The molecule has 84 valence electrons. The predicted molar refractivity (Wildman–Crippen MR) is 58.9 cm³/mol. The molecule has 1 aromatic heterocycles. The van der Waals surface area contributed by atoms with E-state index in [9.17, 15) is 5.11 Å². The lowest BCUT2D eigenvalue weighted by Crippen LogP contribution is -2.13. The Balaban J connectivity index is 2.35. The van der Waals surface area contributed by atoms with Gasteiger partial charge in [-0.2, -0.15) is 4.98 Å². The van der Waals surface area contributed by atoms with E-state index in [1.807, 2.05) is 14.0 Å². The molecule has 2 N–H and O–H groups in total. The minimum Gasteiger partial charge on any atom is -0.507 e. The highest BCUT2D eigenvalue weighted by atomic mass is 16.5. The van der Waals surface area contributed by atoms with Crippen LogP contribution in [0.15, 0.2) is 28.8 Å². The molecule has 0 aliphatic heterocycles. The molecule has 16 heavy (non-hydrogen) atoms. The third-order valence-electron chi connectivity index (χ3n) is 2.40. The molecule has 0 saturated heterocycles. The molecule has 0 saturated carbocycles. The molecule has 1 atom stereocenters. The van der Waals surface area contributed by atoms with Gasteiger partial charge in [-0.3, -0.25) is 0 Å². The number of rotatable bonds is 3. The maximum atomic E-state index is 9.63. The van der Waals surface area contributed by atoms with E-state index in [2.05, 4.69) is 15.5 Å². The van der Waals surface area contributed by atoms with Crippen molar-refractivity contribution in [2.24, 2.45) is 0 Å². The quantitative estimate of drug-likeness (QED) is 0.822. The molecule has 2 aromatic rings. The van der Waals surface area contributed by atoms with E-state index in [1.54, 1.807) is 24.3 Å². The van der Waals surface area contributed by atoms with E-state index in [4.69, 9.17) is 4.52 Å². The SMILES string of the molecule is CNC(C)c1noc(-c2ccccc2O)n1. The second-order valence-electron chi connectivity index (χ2n) is 3.49. The predicted octanol–water partition coefficient (Wildman–Crippen LogP) is 1.72. The van der Waals surface area contributed by atoms with Gasteiger partial charge in [0.15, 0.2) is 5.82 Å². The second-order valence-corrected chi connectivity index (χ2v) is 3.49. The zero-order chi connectivity index (χ0) is 11.5. The smallest absolute Gasteiger partial charge is 0.261 e. The minimum absolute atomic E-state index is 0.0170. The fourth-order valence-corrected chi connectivity index (χ4v) is 1.30. The van der Waals surface area contributed by atoms with Gasteiger partial charge >= 0.3 is 0 Å². The summed E-state index contributed by atoms with van der Waals surface area (Å²) in [6, 6.07) is 6.88. The van der Waals surface area contributed by atoms with Gasteiger partial charge in [-0.05, 0) is 26.1 Å². The van der Waals surface area contributed by atoms with Crippen LogP contribution in [0.3, 0.4) is 0 Å². The molecule has 5 heteroatoms. The van der Waals surface area contributed by atoms with Crippen LogP contribution < -0.4 is 5.32 Å². The Morgan fingerprint density at radius 2 is 2.12 bits per heavy atom. The first-order valence-corrected chi connectivity index (χ1v) is 5.01. The topological polar surface area (TPSA) is 71.2 Å². The van der Waals surface area contributed by atoms with E-state index >= 15 is 0 Å². The molecule has 0 aliphatic rings. The summed E-state index contributed by atoms with van der Waals surface area (Å²) in [5.74, 6) is 1.03. The highest BCUT2D eigenvalue weighted by molar-refractivity contribution is 5.61. The van der Waals surface area contributed by atoms with Crippen molar-refractivity contribution in [2.45, 2.75) is 13.0 Å². The molecular formula is C11H13N3O2. The normalized spacial score (nSPS) is 12.6. The molecule has 5 nitrogen and oxygen atoms in total. The standard InChI is InChI=1S/C11H13N3O2/c1-7(12-2)10-13-11(16-14-10)8-5-3-4-6-9(8)15/h3-7,12,15H,1-2H3. The van der Waals surface area contributed by atoms with Gasteiger partial charge in [0.1, 0.15) is 5.75 Å². The van der Waals surface area contributed by atoms with E-state index in [0.29, 0.717) is 17.3 Å². The number of nitrogens with zero attached hydrogens (tertiary/aromatic N) is 2. The van der Waals surface area contributed by atoms with Gasteiger partial charge in [-0.15, -0.1) is 0 Å². The Kier molecular flexibility index (Phi) is 2.87. The van der Waals surface area contributed by atoms with E-state index in [0.717, 1.165) is 0 Å². The first-order chi connectivity index (χ1) is 7.72. The summed E-state index contributed by atoms with van der Waals surface area (Å²) in [6.07, 6.45) is 0.